The van der Waals surface area contributed by atoms with Crippen LogP contribution in [0.3, 0.4) is 0 Å². The molecule has 2 atom stereocenters. The Labute approximate surface area is 118 Å². The van der Waals surface area contributed by atoms with Crippen molar-refractivity contribution >= 4 is 18.6 Å². The molecule has 0 aliphatic heterocycles. The molecule has 0 saturated heterocycles. The predicted octanol–water partition coefficient (Wildman–Crippen LogP) is 2.49. The van der Waals surface area contributed by atoms with E-state index in [0.29, 0.717) is 0 Å². The number of methoxy groups -OCH3 is 1. The zero-order valence-electron chi connectivity index (χ0n) is 10.4. The van der Waals surface area contributed by atoms with E-state index < -0.39 is 30.0 Å². The third kappa shape index (κ3) is 4.38. The van der Waals surface area contributed by atoms with Crippen molar-refractivity contribution in [2.24, 2.45) is 0 Å². The Morgan fingerprint density at radius 1 is 1.35 bits per heavy atom. The Morgan fingerprint density at radius 2 is 1.90 bits per heavy atom. The molecule has 8 heteroatoms. The highest BCUT2D eigenvalue weighted by Crippen LogP contribution is 2.33. The van der Waals surface area contributed by atoms with E-state index in [4.69, 9.17) is 0 Å². The van der Waals surface area contributed by atoms with Gasteiger partial charge in [0.2, 0.25) is 0 Å². The monoisotopic (exact) mass is 311 g/mol. The van der Waals surface area contributed by atoms with Gasteiger partial charge in [0.25, 0.3) is 0 Å². The molecule has 0 radical (unpaired) electrons. The van der Waals surface area contributed by atoms with Gasteiger partial charge in [-0.1, -0.05) is 12.1 Å². The van der Waals surface area contributed by atoms with E-state index in [9.17, 15) is 22.4 Å². The lowest BCUT2D eigenvalue weighted by Gasteiger charge is -2.25. The molecule has 1 aromatic rings. The van der Waals surface area contributed by atoms with Gasteiger partial charge in [0.15, 0.2) is 0 Å². The quantitative estimate of drug-likeness (QED) is 0.498. The fraction of sp³-hybridized carbons (Fsp3) is 0.417. The Balaban J connectivity index is 3.02. The van der Waals surface area contributed by atoms with E-state index in [1.807, 2.05) is 0 Å². The summed E-state index contributed by atoms with van der Waals surface area (Å²) in [6, 6.07) is 0.521. The van der Waals surface area contributed by atoms with Crippen LogP contribution in [0.5, 0.6) is 0 Å². The molecule has 0 fully saturated rings. The van der Waals surface area contributed by atoms with Crippen molar-refractivity contribution in [3.8, 4) is 0 Å². The van der Waals surface area contributed by atoms with Crippen molar-refractivity contribution < 1.29 is 27.1 Å². The third-order valence-electron chi connectivity index (χ3n) is 2.57. The molecule has 0 aliphatic rings. The first-order valence-electron chi connectivity index (χ1n) is 5.56. The predicted molar refractivity (Wildman–Crippen MR) is 68.0 cm³/mol. The maximum atomic E-state index is 13.0. The molecule has 0 bridgehead atoms. The normalized spacial score (nSPS) is 14.7. The number of hydrogen-bond donors (Lipinski definition) is 2. The molecule has 0 aliphatic carbocycles. The first kappa shape index (κ1) is 16.8. The van der Waals surface area contributed by atoms with Crippen LogP contribution in [0.15, 0.2) is 24.3 Å². The van der Waals surface area contributed by atoms with E-state index >= 15 is 0 Å². The molecule has 0 aromatic heterocycles. The molecule has 1 aromatic carbocycles. The van der Waals surface area contributed by atoms with Crippen molar-refractivity contribution in [2.45, 2.75) is 18.3 Å². The summed E-state index contributed by atoms with van der Waals surface area (Å²) in [5.74, 6) is -1.66. The van der Waals surface area contributed by atoms with Gasteiger partial charge in [0, 0.05) is 5.75 Å². The number of alkyl halides is 3. The largest absolute Gasteiger partial charge is 0.468 e. The number of esters is 1. The maximum Gasteiger partial charge on any atom is 0.407 e. The standard InChI is InChI=1S/C12H13F4NO2S/c1-19-11(18)9(6-20)17-10(12(14,15)16)7-2-4-8(13)5-3-7/h2-5,9-10,17,20H,6H2,1H3/t9-,10?/m0/s1. The SMILES string of the molecule is COC(=O)[C@H](CS)NC(c1ccc(F)cc1)C(F)(F)F. The minimum atomic E-state index is -4.65. The van der Waals surface area contributed by atoms with Crippen LogP contribution < -0.4 is 5.32 Å². The summed E-state index contributed by atoms with van der Waals surface area (Å²) in [5, 5.41) is 2.13. The van der Waals surface area contributed by atoms with Gasteiger partial charge in [0.05, 0.1) is 7.11 Å². The number of thiol groups is 1. The van der Waals surface area contributed by atoms with Crippen molar-refractivity contribution in [1.29, 1.82) is 0 Å². The zero-order valence-corrected chi connectivity index (χ0v) is 11.3. The van der Waals surface area contributed by atoms with Gasteiger partial charge in [-0.3, -0.25) is 10.1 Å². The number of nitrogens with one attached hydrogen (secondary N) is 1. The van der Waals surface area contributed by atoms with Gasteiger partial charge in [-0.15, -0.1) is 0 Å². The van der Waals surface area contributed by atoms with Crippen LogP contribution in [0.25, 0.3) is 0 Å². The topological polar surface area (TPSA) is 38.3 Å². The Morgan fingerprint density at radius 3 is 2.30 bits per heavy atom. The summed E-state index contributed by atoms with van der Waals surface area (Å²) in [6.45, 7) is 0. The first-order valence-corrected chi connectivity index (χ1v) is 6.19. The number of carbonyl (C=O) groups is 1. The lowest BCUT2D eigenvalue weighted by molar-refractivity contribution is -0.163. The number of hydrogen-bond acceptors (Lipinski definition) is 4. The van der Waals surface area contributed by atoms with Gasteiger partial charge in [-0.05, 0) is 17.7 Å². The fourth-order valence-corrected chi connectivity index (χ4v) is 1.83. The molecule has 0 heterocycles. The Kier molecular flexibility index (Phi) is 5.82. The van der Waals surface area contributed by atoms with Crippen molar-refractivity contribution in [3.05, 3.63) is 35.6 Å². The average Bonchev–Trinajstić information content (AvgIpc) is 2.39. The highest BCUT2D eigenvalue weighted by atomic mass is 32.1. The maximum absolute atomic E-state index is 13.0. The number of rotatable bonds is 5. The molecule has 1 N–H and O–H groups in total. The summed E-state index contributed by atoms with van der Waals surface area (Å²) in [7, 11) is 1.07. The molecule has 0 saturated carbocycles. The van der Waals surface area contributed by atoms with Crippen molar-refractivity contribution in [3.63, 3.8) is 0 Å². The highest BCUT2D eigenvalue weighted by Gasteiger charge is 2.42. The molecule has 1 rings (SSSR count). The fourth-order valence-electron chi connectivity index (χ4n) is 1.57. The number of carbonyl (C=O) groups excluding carboxylic acids is 1. The zero-order chi connectivity index (χ0) is 15.3. The van der Waals surface area contributed by atoms with Crippen LogP contribution in [0.1, 0.15) is 11.6 Å². The van der Waals surface area contributed by atoms with Gasteiger partial charge in [0.1, 0.15) is 17.9 Å². The number of benzene rings is 1. The van der Waals surface area contributed by atoms with Gasteiger partial charge in [-0.2, -0.15) is 25.8 Å². The van der Waals surface area contributed by atoms with Crippen molar-refractivity contribution in [2.75, 3.05) is 12.9 Å². The lowest BCUT2D eigenvalue weighted by Crippen LogP contribution is -2.46. The van der Waals surface area contributed by atoms with E-state index in [-0.39, 0.29) is 11.3 Å². The molecular weight excluding hydrogens is 298 g/mol. The van der Waals surface area contributed by atoms with Crippen LogP contribution >= 0.6 is 12.6 Å². The van der Waals surface area contributed by atoms with Crippen LogP contribution in [-0.2, 0) is 9.53 Å². The Bertz CT molecular complexity index is 450. The van der Waals surface area contributed by atoms with Crippen LogP contribution in [0, 0.1) is 5.82 Å². The van der Waals surface area contributed by atoms with E-state index in [2.05, 4.69) is 22.7 Å². The first-order chi connectivity index (χ1) is 9.29. The average molecular weight is 311 g/mol. The minimum Gasteiger partial charge on any atom is -0.468 e. The second-order valence-corrected chi connectivity index (χ2v) is 4.32. The summed E-state index contributed by atoms with van der Waals surface area (Å²) in [5.41, 5.74) is -0.199. The molecular formula is C12H13F4NO2S. The second-order valence-electron chi connectivity index (χ2n) is 3.95. The van der Waals surface area contributed by atoms with E-state index in [0.717, 1.165) is 31.4 Å². The van der Waals surface area contributed by atoms with Crippen LogP contribution in [0.2, 0.25) is 0 Å². The summed E-state index contributed by atoms with van der Waals surface area (Å²) in [6.07, 6.45) is -4.65. The molecule has 0 amide bonds. The molecule has 20 heavy (non-hydrogen) atoms. The van der Waals surface area contributed by atoms with Crippen LogP contribution in [-0.4, -0.2) is 31.1 Å². The molecule has 3 nitrogen and oxygen atoms in total. The number of ether oxygens (including phenoxy) is 1. The lowest BCUT2D eigenvalue weighted by atomic mass is 10.1. The highest BCUT2D eigenvalue weighted by molar-refractivity contribution is 7.80. The third-order valence-corrected chi connectivity index (χ3v) is 2.93. The smallest absolute Gasteiger partial charge is 0.407 e. The Hall–Kier alpha value is -1.28. The van der Waals surface area contributed by atoms with Crippen molar-refractivity contribution in [1.82, 2.24) is 5.32 Å². The van der Waals surface area contributed by atoms with Gasteiger partial charge < -0.3 is 4.74 Å². The van der Waals surface area contributed by atoms with E-state index in [1.54, 1.807) is 0 Å². The second kappa shape index (κ2) is 6.94. The minimum absolute atomic E-state index is 0.166. The van der Waals surface area contributed by atoms with E-state index in [1.165, 1.54) is 0 Å². The number of halogens is 4. The van der Waals surface area contributed by atoms with Gasteiger partial charge in [-0.25, -0.2) is 4.39 Å². The molecule has 112 valence electrons. The molecule has 1 unspecified atom stereocenters. The summed E-state index contributed by atoms with van der Waals surface area (Å²) < 4.78 is 56.3. The van der Waals surface area contributed by atoms with Crippen LogP contribution in [0.4, 0.5) is 17.6 Å². The summed E-state index contributed by atoms with van der Waals surface area (Å²) >= 11 is 3.82. The summed E-state index contributed by atoms with van der Waals surface area (Å²) in [4.78, 5) is 11.3. The molecule has 0 spiro atoms. The van der Waals surface area contributed by atoms with Gasteiger partial charge >= 0.3 is 12.1 Å².